The zero-order valence-electron chi connectivity index (χ0n) is 16.2. The van der Waals surface area contributed by atoms with Crippen LogP contribution < -0.4 is 10.1 Å². The number of halogens is 1. The minimum Gasteiger partial charge on any atom is -0.488 e. The van der Waals surface area contributed by atoms with E-state index in [0.717, 1.165) is 63.1 Å². The van der Waals surface area contributed by atoms with E-state index in [9.17, 15) is 0 Å². The third kappa shape index (κ3) is 5.16. The lowest BCUT2D eigenvalue weighted by Crippen LogP contribution is -2.52. The Morgan fingerprint density at radius 3 is 2.75 bits per heavy atom. The summed E-state index contributed by atoms with van der Waals surface area (Å²) in [7, 11) is 0. The zero-order valence-corrected chi connectivity index (χ0v) is 18.5. The lowest BCUT2D eigenvalue weighted by molar-refractivity contribution is 0.168. The van der Waals surface area contributed by atoms with Crippen molar-refractivity contribution in [2.24, 2.45) is 4.99 Å². The van der Waals surface area contributed by atoms with E-state index in [0.29, 0.717) is 6.54 Å². The number of aliphatic imine (C=N–C) groups is 1. The van der Waals surface area contributed by atoms with Crippen LogP contribution >= 0.6 is 24.0 Å². The molecule has 2 aliphatic heterocycles. The topological polar surface area (TPSA) is 66.1 Å². The number of hydrogen-bond acceptors (Lipinski definition) is 5. The third-order valence-electron chi connectivity index (χ3n) is 5.04. The number of fused-ring (bicyclic) bond motifs is 1. The van der Waals surface area contributed by atoms with Crippen LogP contribution in [-0.4, -0.2) is 66.3 Å². The van der Waals surface area contributed by atoms with Crippen LogP contribution in [0.4, 0.5) is 0 Å². The Kier molecular flexibility index (Phi) is 7.55. The largest absolute Gasteiger partial charge is 0.488 e. The minimum absolute atomic E-state index is 0. The molecule has 28 heavy (non-hydrogen) atoms. The number of guanidine groups is 1. The van der Waals surface area contributed by atoms with E-state index < -0.39 is 0 Å². The van der Waals surface area contributed by atoms with Gasteiger partial charge in [-0.2, -0.15) is 0 Å². The Morgan fingerprint density at radius 1 is 1.21 bits per heavy atom. The summed E-state index contributed by atoms with van der Waals surface area (Å²) in [6.45, 7) is 8.38. The molecule has 0 aliphatic carbocycles. The van der Waals surface area contributed by atoms with Crippen LogP contribution in [0.3, 0.4) is 0 Å². The van der Waals surface area contributed by atoms with Crippen molar-refractivity contribution in [3.05, 3.63) is 47.9 Å². The Labute approximate surface area is 183 Å². The van der Waals surface area contributed by atoms with E-state index in [2.05, 4.69) is 39.3 Å². The monoisotopic (exact) mass is 497 g/mol. The number of nitrogens with one attached hydrogen (secondary N) is 1. The maximum Gasteiger partial charge on any atom is 0.194 e. The van der Waals surface area contributed by atoms with Crippen molar-refractivity contribution in [3.63, 3.8) is 0 Å². The molecule has 0 bridgehead atoms. The van der Waals surface area contributed by atoms with Crippen LogP contribution in [0.25, 0.3) is 0 Å². The Hall–Kier alpha value is -1.81. The first-order valence-electron chi connectivity index (χ1n) is 9.71. The second kappa shape index (κ2) is 10.1. The molecular formula is C20H28IN5O2. The zero-order chi connectivity index (χ0) is 18.5. The predicted octanol–water partition coefficient (Wildman–Crippen LogP) is 2.38. The van der Waals surface area contributed by atoms with Crippen molar-refractivity contribution in [3.8, 4) is 5.75 Å². The molecule has 0 saturated carbocycles. The number of nitrogens with zero attached hydrogens (tertiary/aromatic N) is 4. The van der Waals surface area contributed by atoms with Crippen LogP contribution in [0.1, 0.15) is 18.2 Å². The van der Waals surface area contributed by atoms with Gasteiger partial charge < -0.3 is 19.5 Å². The number of benzene rings is 1. The first-order valence-corrected chi connectivity index (χ1v) is 9.71. The van der Waals surface area contributed by atoms with E-state index in [1.807, 2.05) is 18.2 Å². The molecule has 0 amide bonds. The summed E-state index contributed by atoms with van der Waals surface area (Å²) in [5.74, 6) is 1.99. The molecule has 1 aromatic carbocycles. The molecule has 8 heteroatoms. The Balaban J connectivity index is 0.00000225. The highest BCUT2D eigenvalue weighted by atomic mass is 127. The van der Waals surface area contributed by atoms with Crippen LogP contribution in [-0.2, 0) is 13.0 Å². The number of aromatic nitrogens is 1. The normalized spacial score (nSPS) is 19.7. The van der Waals surface area contributed by atoms with Crippen molar-refractivity contribution in [2.45, 2.75) is 26.0 Å². The van der Waals surface area contributed by atoms with Gasteiger partial charge in [0.1, 0.15) is 18.1 Å². The highest BCUT2D eigenvalue weighted by Gasteiger charge is 2.24. The molecule has 0 radical (unpaired) electrons. The van der Waals surface area contributed by atoms with Gasteiger partial charge in [-0.1, -0.05) is 23.4 Å². The number of piperazine rings is 1. The molecule has 0 spiro atoms. The van der Waals surface area contributed by atoms with Crippen LogP contribution in [0, 0.1) is 0 Å². The summed E-state index contributed by atoms with van der Waals surface area (Å²) in [4.78, 5) is 9.60. The third-order valence-corrected chi connectivity index (χ3v) is 5.04. The molecule has 1 saturated heterocycles. The smallest absolute Gasteiger partial charge is 0.194 e. The molecule has 2 aliphatic rings. The number of rotatable bonds is 5. The van der Waals surface area contributed by atoms with E-state index in [1.165, 1.54) is 5.56 Å². The molecule has 3 heterocycles. The van der Waals surface area contributed by atoms with Gasteiger partial charge in [-0.3, -0.25) is 4.90 Å². The lowest BCUT2D eigenvalue weighted by atomic mass is 10.1. The van der Waals surface area contributed by atoms with E-state index in [4.69, 9.17) is 14.3 Å². The van der Waals surface area contributed by atoms with Gasteiger partial charge in [0.2, 0.25) is 0 Å². The summed E-state index contributed by atoms with van der Waals surface area (Å²) in [5, 5.41) is 7.44. The van der Waals surface area contributed by atoms with Crippen molar-refractivity contribution in [1.82, 2.24) is 20.3 Å². The van der Waals surface area contributed by atoms with Gasteiger partial charge in [0.25, 0.3) is 0 Å². The maximum atomic E-state index is 6.02. The van der Waals surface area contributed by atoms with Gasteiger partial charge in [0.15, 0.2) is 5.96 Å². The van der Waals surface area contributed by atoms with Crippen LogP contribution in [0.5, 0.6) is 5.75 Å². The van der Waals surface area contributed by atoms with Crippen molar-refractivity contribution >= 4 is 29.9 Å². The average molecular weight is 497 g/mol. The summed E-state index contributed by atoms with van der Waals surface area (Å²) in [6, 6.07) is 10.2. The molecule has 7 nitrogen and oxygen atoms in total. The van der Waals surface area contributed by atoms with Crippen molar-refractivity contribution in [2.75, 3.05) is 39.3 Å². The Morgan fingerprint density at radius 2 is 2.04 bits per heavy atom. The van der Waals surface area contributed by atoms with Crippen molar-refractivity contribution in [1.29, 1.82) is 0 Å². The molecule has 1 aromatic heterocycles. The van der Waals surface area contributed by atoms with E-state index in [1.54, 1.807) is 6.26 Å². The second-order valence-electron chi connectivity index (χ2n) is 7.00. The lowest BCUT2D eigenvalue weighted by Gasteiger charge is -2.36. The van der Waals surface area contributed by atoms with E-state index >= 15 is 0 Å². The fourth-order valence-electron chi connectivity index (χ4n) is 3.64. The number of para-hydroxylation sites is 1. The SMILES string of the molecule is CCNC(=NCC1Cc2ccccc2O1)N1CCN(Cc2ccon2)CC1.I. The first kappa shape index (κ1) is 20.9. The molecule has 1 N–H and O–H groups in total. The van der Waals surface area contributed by atoms with E-state index in [-0.39, 0.29) is 30.1 Å². The standard InChI is InChI=1S/C20H27N5O2.HI/c1-2-21-20(22-14-18-13-16-5-3-4-6-19(16)27-18)25-10-8-24(9-11-25)15-17-7-12-26-23-17;/h3-7,12,18H,2,8-11,13-15H2,1H3,(H,21,22);1H. The molecule has 4 rings (SSSR count). The molecule has 2 aromatic rings. The molecule has 1 atom stereocenters. The van der Waals surface area contributed by atoms with Gasteiger partial charge in [0.05, 0.1) is 12.2 Å². The summed E-state index contributed by atoms with van der Waals surface area (Å²) >= 11 is 0. The summed E-state index contributed by atoms with van der Waals surface area (Å²) < 4.78 is 10.9. The van der Waals surface area contributed by atoms with Gasteiger partial charge in [-0.15, -0.1) is 24.0 Å². The summed E-state index contributed by atoms with van der Waals surface area (Å²) in [5.41, 5.74) is 2.27. The predicted molar refractivity (Wildman–Crippen MR) is 119 cm³/mol. The molecular weight excluding hydrogens is 469 g/mol. The van der Waals surface area contributed by atoms with Gasteiger partial charge in [-0.05, 0) is 18.6 Å². The average Bonchev–Trinajstić information content (AvgIpc) is 3.35. The highest BCUT2D eigenvalue weighted by Crippen LogP contribution is 2.28. The second-order valence-corrected chi connectivity index (χ2v) is 7.00. The van der Waals surface area contributed by atoms with Crippen LogP contribution in [0.15, 0.2) is 46.1 Å². The Bertz CT molecular complexity index is 735. The maximum absolute atomic E-state index is 6.02. The molecule has 152 valence electrons. The number of hydrogen-bond donors (Lipinski definition) is 1. The van der Waals surface area contributed by atoms with Gasteiger partial charge >= 0.3 is 0 Å². The van der Waals surface area contributed by atoms with Gasteiger partial charge in [0, 0.05) is 51.8 Å². The minimum atomic E-state index is 0. The fourth-order valence-corrected chi connectivity index (χ4v) is 3.64. The molecule has 1 unspecified atom stereocenters. The first-order chi connectivity index (χ1) is 13.3. The highest BCUT2D eigenvalue weighted by molar-refractivity contribution is 14.0. The van der Waals surface area contributed by atoms with Crippen LogP contribution in [0.2, 0.25) is 0 Å². The summed E-state index contributed by atoms with van der Waals surface area (Å²) in [6.07, 6.45) is 2.69. The molecule has 1 fully saturated rings. The van der Waals surface area contributed by atoms with Crippen molar-refractivity contribution < 1.29 is 9.26 Å². The fraction of sp³-hybridized carbons (Fsp3) is 0.500. The number of ether oxygens (including phenoxy) is 1. The van der Waals surface area contributed by atoms with Gasteiger partial charge in [-0.25, -0.2) is 4.99 Å². The quantitative estimate of drug-likeness (QED) is 0.389.